The number of rotatable bonds is 2. The zero-order chi connectivity index (χ0) is 12.5. The molecular formula is C15H30N2. The van der Waals surface area contributed by atoms with Gasteiger partial charge in [0.1, 0.15) is 0 Å². The molecule has 2 rings (SSSR count). The highest BCUT2D eigenvalue weighted by molar-refractivity contribution is 4.90. The quantitative estimate of drug-likeness (QED) is 0.796. The third kappa shape index (κ3) is 3.23. The molecule has 2 aliphatic rings. The smallest absolute Gasteiger partial charge is 0.0221 e. The fourth-order valence-electron chi connectivity index (χ4n) is 3.99. The maximum Gasteiger partial charge on any atom is 0.0221 e. The van der Waals surface area contributed by atoms with Gasteiger partial charge in [-0.15, -0.1) is 0 Å². The predicted molar refractivity (Wildman–Crippen MR) is 74.2 cm³/mol. The predicted octanol–water partition coefficient (Wildman–Crippen LogP) is 2.89. The molecule has 0 amide bonds. The Bertz CT molecular complexity index is 243. The minimum absolute atomic E-state index is 0.571. The number of likely N-dealkylation sites (N-methyl/N-ethyl adjacent to an activating group) is 1. The summed E-state index contributed by atoms with van der Waals surface area (Å²) in [6.07, 6.45) is 6.91. The van der Waals surface area contributed by atoms with E-state index in [1.165, 1.54) is 45.2 Å². The van der Waals surface area contributed by atoms with E-state index in [-0.39, 0.29) is 0 Å². The average molecular weight is 238 g/mol. The Labute approximate surface area is 107 Å². The molecule has 1 N–H and O–H groups in total. The van der Waals surface area contributed by atoms with Gasteiger partial charge in [-0.25, -0.2) is 0 Å². The van der Waals surface area contributed by atoms with Crippen molar-refractivity contribution < 1.29 is 0 Å². The molecule has 0 aromatic carbocycles. The van der Waals surface area contributed by atoms with Crippen LogP contribution in [0, 0.1) is 11.3 Å². The molecule has 0 aromatic rings. The minimum atomic E-state index is 0.571. The van der Waals surface area contributed by atoms with E-state index in [1.54, 1.807) is 0 Å². The standard InChI is InChI=1S/C15H30N2/c1-12-10-15(2,3)8-7-14(12)17(4)13-6-5-9-16-11-13/h12-14,16H,5-11H2,1-4H3. The van der Waals surface area contributed by atoms with Crippen LogP contribution in [0.15, 0.2) is 0 Å². The van der Waals surface area contributed by atoms with Crippen LogP contribution in [0.25, 0.3) is 0 Å². The summed E-state index contributed by atoms with van der Waals surface area (Å²) in [7, 11) is 2.36. The van der Waals surface area contributed by atoms with Crippen molar-refractivity contribution in [3.8, 4) is 0 Å². The van der Waals surface area contributed by atoms with Crippen LogP contribution in [0.1, 0.15) is 52.9 Å². The zero-order valence-corrected chi connectivity index (χ0v) is 12.1. The Morgan fingerprint density at radius 1 is 1.24 bits per heavy atom. The molecule has 0 aromatic heterocycles. The number of hydrogen-bond donors (Lipinski definition) is 1. The van der Waals surface area contributed by atoms with Crippen LogP contribution in [0.3, 0.4) is 0 Å². The summed E-state index contributed by atoms with van der Waals surface area (Å²) < 4.78 is 0. The molecule has 1 saturated carbocycles. The normalized spacial score (nSPS) is 38.3. The van der Waals surface area contributed by atoms with Crippen molar-refractivity contribution in [2.24, 2.45) is 11.3 Å². The molecule has 0 spiro atoms. The monoisotopic (exact) mass is 238 g/mol. The van der Waals surface area contributed by atoms with E-state index < -0.39 is 0 Å². The van der Waals surface area contributed by atoms with Gasteiger partial charge < -0.3 is 5.32 Å². The summed E-state index contributed by atoms with van der Waals surface area (Å²) in [5.41, 5.74) is 0.571. The lowest BCUT2D eigenvalue weighted by Crippen LogP contribution is -2.52. The summed E-state index contributed by atoms with van der Waals surface area (Å²) in [6, 6.07) is 1.59. The Hall–Kier alpha value is -0.0800. The lowest BCUT2D eigenvalue weighted by molar-refractivity contribution is 0.0432. The molecule has 2 fully saturated rings. The van der Waals surface area contributed by atoms with Crippen LogP contribution in [-0.4, -0.2) is 37.1 Å². The number of nitrogens with one attached hydrogen (secondary N) is 1. The van der Waals surface area contributed by atoms with E-state index in [9.17, 15) is 0 Å². The molecule has 17 heavy (non-hydrogen) atoms. The number of hydrogen-bond acceptors (Lipinski definition) is 2. The van der Waals surface area contributed by atoms with E-state index in [0.29, 0.717) is 5.41 Å². The fourth-order valence-corrected chi connectivity index (χ4v) is 3.99. The first-order valence-electron chi connectivity index (χ1n) is 7.42. The molecule has 0 bridgehead atoms. The van der Waals surface area contributed by atoms with E-state index in [2.05, 4.69) is 38.0 Å². The van der Waals surface area contributed by atoms with Crippen molar-refractivity contribution in [2.45, 2.75) is 65.0 Å². The zero-order valence-electron chi connectivity index (χ0n) is 12.1. The highest BCUT2D eigenvalue weighted by Gasteiger charge is 2.36. The first-order valence-corrected chi connectivity index (χ1v) is 7.42. The SMILES string of the molecule is CC1CC(C)(C)CCC1N(C)C1CCCNC1. The Balaban J connectivity index is 1.92. The average Bonchev–Trinajstić information content (AvgIpc) is 2.28. The van der Waals surface area contributed by atoms with Gasteiger partial charge in [-0.2, -0.15) is 0 Å². The summed E-state index contributed by atoms with van der Waals surface area (Å²) >= 11 is 0. The largest absolute Gasteiger partial charge is 0.315 e. The highest BCUT2D eigenvalue weighted by Crippen LogP contribution is 2.40. The van der Waals surface area contributed by atoms with Gasteiger partial charge in [0.25, 0.3) is 0 Å². The van der Waals surface area contributed by atoms with Crippen molar-refractivity contribution in [1.82, 2.24) is 10.2 Å². The molecule has 100 valence electrons. The highest BCUT2D eigenvalue weighted by atomic mass is 15.2. The fraction of sp³-hybridized carbons (Fsp3) is 1.00. The molecule has 1 aliphatic carbocycles. The topological polar surface area (TPSA) is 15.3 Å². The van der Waals surface area contributed by atoms with E-state index in [1.807, 2.05) is 0 Å². The van der Waals surface area contributed by atoms with Crippen molar-refractivity contribution >= 4 is 0 Å². The molecule has 3 atom stereocenters. The van der Waals surface area contributed by atoms with Crippen LogP contribution in [-0.2, 0) is 0 Å². The van der Waals surface area contributed by atoms with Gasteiger partial charge >= 0.3 is 0 Å². The second-order valence-corrected chi connectivity index (χ2v) is 7.12. The lowest BCUT2D eigenvalue weighted by atomic mass is 9.70. The van der Waals surface area contributed by atoms with Crippen LogP contribution in [0.4, 0.5) is 0 Å². The van der Waals surface area contributed by atoms with E-state index >= 15 is 0 Å². The van der Waals surface area contributed by atoms with Gasteiger partial charge in [-0.3, -0.25) is 4.90 Å². The van der Waals surface area contributed by atoms with Crippen LogP contribution in [0.5, 0.6) is 0 Å². The third-order valence-corrected chi connectivity index (χ3v) is 5.02. The third-order valence-electron chi connectivity index (χ3n) is 5.02. The number of nitrogens with zero attached hydrogens (tertiary/aromatic N) is 1. The van der Waals surface area contributed by atoms with Gasteiger partial charge in [0, 0.05) is 18.6 Å². The van der Waals surface area contributed by atoms with E-state index in [4.69, 9.17) is 0 Å². The van der Waals surface area contributed by atoms with E-state index in [0.717, 1.165) is 18.0 Å². The van der Waals surface area contributed by atoms with Crippen molar-refractivity contribution in [1.29, 1.82) is 0 Å². The molecule has 1 aliphatic heterocycles. The van der Waals surface area contributed by atoms with Crippen molar-refractivity contribution in [2.75, 3.05) is 20.1 Å². The molecule has 3 unspecified atom stereocenters. The van der Waals surface area contributed by atoms with Crippen LogP contribution in [0.2, 0.25) is 0 Å². The summed E-state index contributed by atoms with van der Waals surface area (Å²) in [4.78, 5) is 2.69. The second kappa shape index (κ2) is 5.27. The Kier molecular flexibility index (Phi) is 4.14. The minimum Gasteiger partial charge on any atom is -0.315 e. The second-order valence-electron chi connectivity index (χ2n) is 7.12. The molecule has 0 radical (unpaired) electrons. The van der Waals surface area contributed by atoms with Crippen molar-refractivity contribution in [3.05, 3.63) is 0 Å². The van der Waals surface area contributed by atoms with Gasteiger partial charge in [0.05, 0.1) is 0 Å². The van der Waals surface area contributed by atoms with Crippen LogP contribution >= 0.6 is 0 Å². The number of piperidine rings is 1. The van der Waals surface area contributed by atoms with Gasteiger partial charge in [0.15, 0.2) is 0 Å². The lowest BCUT2D eigenvalue weighted by Gasteiger charge is -2.46. The van der Waals surface area contributed by atoms with Crippen molar-refractivity contribution in [3.63, 3.8) is 0 Å². The first-order chi connectivity index (χ1) is 7.99. The summed E-state index contributed by atoms with van der Waals surface area (Å²) in [5.74, 6) is 0.852. The van der Waals surface area contributed by atoms with Crippen LogP contribution < -0.4 is 5.32 Å². The first kappa shape index (κ1) is 13.4. The maximum absolute atomic E-state index is 3.54. The molecule has 2 nitrogen and oxygen atoms in total. The Morgan fingerprint density at radius 2 is 2.00 bits per heavy atom. The van der Waals surface area contributed by atoms with Gasteiger partial charge in [-0.05, 0) is 57.0 Å². The van der Waals surface area contributed by atoms with Gasteiger partial charge in [0.2, 0.25) is 0 Å². The molecule has 1 heterocycles. The Morgan fingerprint density at radius 3 is 2.59 bits per heavy atom. The summed E-state index contributed by atoms with van der Waals surface area (Å²) in [6.45, 7) is 9.74. The molecule has 1 saturated heterocycles. The molecule has 2 heteroatoms. The summed E-state index contributed by atoms with van der Waals surface area (Å²) in [5, 5.41) is 3.54. The molecular weight excluding hydrogens is 208 g/mol. The van der Waals surface area contributed by atoms with Gasteiger partial charge in [-0.1, -0.05) is 20.8 Å². The maximum atomic E-state index is 3.54.